The Morgan fingerprint density at radius 2 is 1.65 bits per heavy atom. The van der Waals surface area contributed by atoms with E-state index in [-0.39, 0.29) is 22.9 Å². The predicted molar refractivity (Wildman–Crippen MR) is 131 cm³/mol. The van der Waals surface area contributed by atoms with E-state index in [1.807, 2.05) is 6.07 Å². The van der Waals surface area contributed by atoms with Gasteiger partial charge in [0.25, 0.3) is 11.6 Å². The van der Waals surface area contributed by atoms with Gasteiger partial charge in [0.2, 0.25) is 5.91 Å². The SMILES string of the molecule is COc1cccc(OC)c1C(=O)Nc1cccc(SCC(=O)Nc2cc([N+](=O)[O-])ccc2C)c1. The van der Waals surface area contributed by atoms with Crippen molar-refractivity contribution in [1.82, 2.24) is 0 Å². The number of benzene rings is 3. The molecule has 2 amide bonds. The Labute approximate surface area is 200 Å². The van der Waals surface area contributed by atoms with Crippen LogP contribution in [0.5, 0.6) is 11.5 Å². The van der Waals surface area contributed by atoms with Crippen molar-refractivity contribution in [2.24, 2.45) is 0 Å². The Bertz CT molecular complexity index is 1210. The second-order valence-corrected chi connectivity index (χ2v) is 8.16. The molecule has 0 aromatic heterocycles. The van der Waals surface area contributed by atoms with Gasteiger partial charge in [0.15, 0.2) is 0 Å². The van der Waals surface area contributed by atoms with Crippen LogP contribution in [0.2, 0.25) is 0 Å². The third kappa shape index (κ3) is 6.04. The van der Waals surface area contributed by atoms with Gasteiger partial charge in [-0.2, -0.15) is 0 Å². The van der Waals surface area contributed by atoms with Gasteiger partial charge in [-0.05, 0) is 42.8 Å². The molecular formula is C24H23N3O6S. The van der Waals surface area contributed by atoms with Crippen LogP contribution < -0.4 is 20.1 Å². The topological polar surface area (TPSA) is 120 Å². The molecule has 34 heavy (non-hydrogen) atoms. The van der Waals surface area contributed by atoms with E-state index in [1.165, 1.54) is 38.1 Å². The lowest BCUT2D eigenvalue weighted by molar-refractivity contribution is -0.384. The first-order chi connectivity index (χ1) is 16.3. The number of amides is 2. The molecule has 0 spiro atoms. The lowest BCUT2D eigenvalue weighted by Crippen LogP contribution is -2.15. The van der Waals surface area contributed by atoms with Crippen molar-refractivity contribution in [3.05, 3.63) is 81.9 Å². The molecule has 2 N–H and O–H groups in total. The van der Waals surface area contributed by atoms with Crippen LogP contribution in [0.1, 0.15) is 15.9 Å². The molecule has 0 atom stereocenters. The van der Waals surface area contributed by atoms with E-state index >= 15 is 0 Å². The van der Waals surface area contributed by atoms with E-state index in [0.29, 0.717) is 22.9 Å². The van der Waals surface area contributed by atoms with E-state index in [0.717, 1.165) is 10.5 Å². The van der Waals surface area contributed by atoms with Crippen LogP contribution in [0.3, 0.4) is 0 Å². The van der Waals surface area contributed by atoms with Gasteiger partial charge in [-0.1, -0.05) is 18.2 Å². The molecular weight excluding hydrogens is 458 g/mol. The fourth-order valence-electron chi connectivity index (χ4n) is 3.13. The summed E-state index contributed by atoms with van der Waals surface area (Å²) in [5.74, 6) is 0.156. The van der Waals surface area contributed by atoms with Gasteiger partial charge in [0, 0.05) is 22.7 Å². The maximum atomic E-state index is 12.9. The summed E-state index contributed by atoms with van der Waals surface area (Å²) in [5.41, 5.74) is 1.84. The molecule has 9 nitrogen and oxygen atoms in total. The summed E-state index contributed by atoms with van der Waals surface area (Å²) in [6.07, 6.45) is 0. The zero-order valence-corrected chi connectivity index (χ0v) is 19.6. The highest BCUT2D eigenvalue weighted by atomic mass is 32.2. The highest BCUT2D eigenvalue weighted by Crippen LogP contribution is 2.30. The van der Waals surface area contributed by atoms with E-state index in [2.05, 4.69) is 10.6 Å². The molecule has 3 aromatic rings. The Balaban J connectivity index is 1.66. The number of nitro benzene ring substituents is 1. The molecule has 176 valence electrons. The molecule has 3 aromatic carbocycles. The molecule has 0 fully saturated rings. The number of carbonyl (C=O) groups excluding carboxylic acids is 2. The van der Waals surface area contributed by atoms with Gasteiger partial charge in [-0.25, -0.2) is 0 Å². The number of hydrogen-bond acceptors (Lipinski definition) is 7. The molecule has 0 aliphatic carbocycles. The molecule has 3 rings (SSSR count). The van der Waals surface area contributed by atoms with E-state index in [1.54, 1.807) is 49.4 Å². The third-order valence-corrected chi connectivity index (χ3v) is 5.82. The fraction of sp³-hybridized carbons (Fsp3) is 0.167. The average Bonchev–Trinajstić information content (AvgIpc) is 2.83. The fourth-order valence-corrected chi connectivity index (χ4v) is 3.88. The number of nitro groups is 1. The first kappa shape index (κ1) is 24.6. The molecule has 0 saturated carbocycles. The van der Waals surface area contributed by atoms with Gasteiger partial charge in [0.1, 0.15) is 17.1 Å². The van der Waals surface area contributed by atoms with Crippen molar-refractivity contribution in [3.8, 4) is 11.5 Å². The smallest absolute Gasteiger partial charge is 0.271 e. The van der Waals surface area contributed by atoms with Crippen molar-refractivity contribution in [2.75, 3.05) is 30.6 Å². The van der Waals surface area contributed by atoms with Crippen molar-refractivity contribution < 1.29 is 24.0 Å². The predicted octanol–water partition coefficient (Wildman–Crippen LogP) is 4.90. The van der Waals surface area contributed by atoms with Crippen molar-refractivity contribution in [2.45, 2.75) is 11.8 Å². The zero-order valence-electron chi connectivity index (χ0n) is 18.8. The second kappa shape index (κ2) is 11.2. The summed E-state index contributed by atoms with van der Waals surface area (Å²) < 4.78 is 10.6. The van der Waals surface area contributed by atoms with Gasteiger partial charge >= 0.3 is 0 Å². The largest absolute Gasteiger partial charge is 0.496 e. The first-order valence-corrected chi connectivity index (χ1v) is 11.1. The van der Waals surface area contributed by atoms with Gasteiger partial charge in [-0.15, -0.1) is 11.8 Å². The quantitative estimate of drug-likeness (QED) is 0.253. The number of hydrogen-bond donors (Lipinski definition) is 2. The van der Waals surface area contributed by atoms with Crippen LogP contribution in [0.4, 0.5) is 17.1 Å². The Morgan fingerprint density at radius 3 is 2.29 bits per heavy atom. The molecule has 0 radical (unpaired) electrons. The summed E-state index contributed by atoms with van der Waals surface area (Å²) >= 11 is 1.27. The van der Waals surface area contributed by atoms with Crippen LogP contribution in [0.25, 0.3) is 0 Å². The molecule has 0 bridgehead atoms. The third-order valence-electron chi connectivity index (χ3n) is 4.82. The number of non-ortho nitro benzene ring substituents is 1. The molecule has 0 saturated heterocycles. The standard InChI is InChI=1S/C24H23N3O6S/c1-15-10-11-17(27(30)31)13-19(15)26-22(28)14-34-18-7-4-6-16(12-18)25-24(29)23-20(32-2)8-5-9-21(23)33-3/h4-13H,14H2,1-3H3,(H,25,29)(H,26,28). The van der Waals surface area contributed by atoms with Crippen molar-refractivity contribution in [1.29, 1.82) is 0 Å². The summed E-state index contributed by atoms with van der Waals surface area (Å²) in [6, 6.07) is 16.4. The number of ether oxygens (including phenoxy) is 2. The highest BCUT2D eigenvalue weighted by molar-refractivity contribution is 8.00. The molecule has 0 aliphatic heterocycles. The normalized spacial score (nSPS) is 10.3. The van der Waals surface area contributed by atoms with E-state index in [9.17, 15) is 19.7 Å². The minimum Gasteiger partial charge on any atom is -0.496 e. The lowest BCUT2D eigenvalue weighted by atomic mass is 10.1. The van der Waals surface area contributed by atoms with Crippen LogP contribution in [0, 0.1) is 17.0 Å². The number of nitrogens with zero attached hydrogens (tertiary/aromatic N) is 1. The minimum atomic E-state index is -0.510. The lowest BCUT2D eigenvalue weighted by Gasteiger charge is -2.13. The number of methoxy groups -OCH3 is 2. The number of carbonyl (C=O) groups is 2. The molecule has 0 unspecified atom stereocenters. The average molecular weight is 482 g/mol. The summed E-state index contributed by atoms with van der Waals surface area (Å²) in [7, 11) is 2.95. The Hall–Kier alpha value is -4.05. The van der Waals surface area contributed by atoms with Crippen molar-refractivity contribution in [3.63, 3.8) is 0 Å². The van der Waals surface area contributed by atoms with Crippen LogP contribution >= 0.6 is 11.8 Å². The van der Waals surface area contributed by atoms with E-state index in [4.69, 9.17) is 9.47 Å². The van der Waals surface area contributed by atoms with Crippen LogP contribution in [-0.2, 0) is 4.79 Å². The molecule has 10 heteroatoms. The van der Waals surface area contributed by atoms with Gasteiger partial charge in [0.05, 0.1) is 30.6 Å². The number of thioether (sulfide) groups is 1. The number of aryl methyl sites for hydroxylation is 1. The summed E-state index contributed by atoms with van der Waals surface area (Å²) in [4.78, 5) is 36.5. The van der Waals surface area contributed by atoms with E-state index < -0.39 is 10.8 Å². The number of rotatable bonds is 9. The number of nitrogens with one attached hydrogen (secondary N) is 2. The first-order valence-electron chi connectivity index (χ1n) is 10.1. The van der Waals surface area contributed by atoms with Gasteiger partial charge < -0.3 is 20.1 Å². The maximum Gasteiger partial charge on any atom is 0.271 e. The second-order valence-electron chi connectivity index (χ2n) is 7.11. The minimum absolute atomic E-state index is 0.0832. The Morgan fingerprint density at radius 1 is 0.971 bits per heavy atom. The monoisotopic (exact) mass is 481 g/mol. The zero-order chi connectivity index (χ0) is 24.7. The molecule has 0 heterocycles. The highest BCUT2D eigenvalue weighted by Gasteiger charge is 2.18. The summed E-state index contributed by atoms with van der Waals surface area (Å²) in [6.45, 7) is 1.76. The molecule has 0 aliphatic rings. The van der Waals surface area contributed by atoms with Crippen LogP contribution in [0.15, 0.2) is 65.6 Å². The Kier molecular flexibility index (Phi) is 8.10. The maximum absolute atomic E-state index is 12.9. The van der Waals surface area contributed by atoms with Crippen molar-refractivity contribution >= 4 is 40.6 Å². The summed E-state index contributed by atoms with van der Waals surface area (Å²) in [5, 5.41) is 16.5. The number of anilines is 2. The van der Waals surface area contributed by atoms with Crippen LogP contribution in [-0.4, -0.2) is 36.7 Å². The van der Waals surface area contributed by atoms with Gasteiger partial charge in [-0.3, -0.25) is 19.7 Å².